The standard InChI is InChI=1S/C18H26FN3O3S/c19-16-7-2-1-6-15(16)13-26(24,25)22-10-4-5-14(12-22)11-21-18(23)17-8-3-9-20-17/h1-2,6-7,14,17,20H,3-5,8-13H2,(H,21,23). The first-order chi connectivity index (χ1) is 12.5. The Balaban J connectivity index is 1.55. The zero-order valence-corrected chi connectivity index (χ0v) is 15.6. The summed E-state index contributed by atoms with van der Waals surface area (Å²) in [5.74, 6) is -0.746. The van der Waals surface area contributed by atoms with Gasteiger partial charge in [0.15, 0.2) is 0 Å². The largest absolute Gasteiger partial charge is 0.354 e. The Morgan fingerprint density at radius 2 is 2.08 bits per heavy atom. The molecule has 8 heteroatoms. The molecule has 0 bridgehead atoms. The van der Waals surface area contributed by atoms with E-state index in [2.05, 4.69) is 10.6 Å². The summed E-state index contributed by atoms with van der Waals surface area (Å²) in [5, 5.41) is 6.10. The smallest absolute Gasteiger partial charge is 0.237 e. The lowest BCUT2D eigenvalue weighted by atomic mass is 9.99. The highest BCUT2D eigenvalue weighted by Crippen LogP contribution is 2.22. The van der Waals surface area contributed by atoms with Gasteiger partial charge in [-0.15, -0.1) is 0 Å². The lowest BCUT2D eigenvalue weighted by Gasteiger charge is -2.32. The Hall–Kier alpha value is -1.51. The molecule has 2 aliphatic rings. The number of amides is 1. The third-order valence-corrected chi connectivity index (χ3v) is 6.91. The predicted octanol–water partition coefficient (Wildman–Crippen LogP) is 1.24. The predicted molar refractivity (Wildman–Crippen MR) is 97.4 cm³/mol. The van der Waals surface area contributed by atoms with Crippen LogP contribution in [0.2, 0.25) is 0 Å². The summed E-state index contributed by atoms with van der Waals surface area (Å²) in [4.78, 5) is 12.1. The molecule has 0 radical (unpaired) electrons. The van der Waals surface area contributed by atoms with Crippen LogP contribution in [0.15, 0.2) is 24.3 Å². The summed E-state index contributed by atoms with van der Waals surface area (Å²) in [6.07, 6.45) is 3.48. The van der Waals surface area contributed by atoms with Crippen LogP contribution in [0.1, 0.15) is 31.2 Å². The number of nitrogens with one attached hydrogen (secondary N) is 2. The zero-order chi connectivity index (χ0) is 18.6. The number of halogens is 1. The first kappa shape index (κ1) is 19.3. The van der Waals surface area contributed by atoms with Gasteiger partial charge in [0.2, 0.25) is 15.9 Å². The average Bonchev–Trinajstić information content (AvgIpc) is 3.17. The van der Waals surface area contributed by atoms with Crippen LogP contribution in [0, 0.1) is 11.7 Å². The summed E-state index contributed by atoms with van der Waals surface area (Å²) in [7, 11) is -3.58. The number of nitrogens with zero attached hydrogens (tertiary/aromatic N) is 1. The van der Waals surface area contributed by atoms with Gasteiger partial charge in [0.1, 0.15) is 5.82 Å². The third-order valence-electron chi connectivity index (χ3n) is 5.11. The van der Waals surface area contributed by atoms with E-state index in [1.54, 1.807) is 12.1 Å². The number of carbonyl (C=O) groups is 1. The molecule has 2 saturated heterocycles. The Labute approximate surface area is 154 Å². The molecule has 0 aliphatic carbocycles. The maximum atomic E-state index is 13.8. The molecule has 2 N–H and O–H groups in total. The first-order valence-electron chi connectivity index (χ1n) is 9.18. The van der Waals surface area contributed by atoms with Gasteiger partial charge < -0.3 is 10.6 Å². The number of rotatable bonds is 6. The Morgan fingerprint density at radius 1 is 1.27 bits per heavy atom. The van der Waals surface area contributed by atoms with Gasteiger partial charge in [0.25, 0.3) is 0 Å². The maximum absolute atomic E-state index is 13.8. The summed E-state index contributed by atoms with van der Waals surface area (Å²) in [5.41, 5.74) is 0.190. The fraction of sp³-hybridized carbons (Fsp3) is 0.611. The van der Waals surface area contributed by atoms with Gasteiger partial charge in [-0.2, -0.15) is 0 Å². The molecule has 26 heavy (non-hydrogen) atoms. The molecular formula is C18H26FN3O3S. The molecule has 2 atom stereocenters. The highest BCUT2D eigenvalue weighted by atomic mass is 32.2. The van der Waals surface area contributed by atoms with Crippen LogP contribution in [-0.4, -0.2) is 50.9 Å². The number of benzene rings is 1. The molecule has 2 aliphatic heterocycles. The van der Waals surface area contributed by atoms with Gasteiger partial charge in [-0.05, 0) is 44.2 Å². The monoisotopic (exact) mass is 383 g/mol. The normalized spacial score (nSPS) is 24.5. The van der Waals surface area contributed by atoms with Crippen LogP contribution >= 0.6 is 0 Å². The van der Waals surface area contributed by atoms with Crippen molar-refractivity contribution in [3.05, 3.63) is 35.6 Å². The minimum absolute atomic E-state index is 0.00571. The van der Waals surface area contributed by atoms with Gasteiger partial charge in [-0.25, -0.2) is 17.1 Å². The van der Waals surface area contributed by atoms with Gasteiger partial charge >= 0.3 is 0 Å². The van der Waals surface area contributed by atoms with E-state index in [0.717, 1.165) is 32.2 Å². The van der Waals surface area contributed by atoms with Crippen molar-refractivity contribution in [1.82, 2.24) is 14.9 Å². The highest BCUT2D eigenvalue weighted by molar-refractivity contribution is 7.88. The summed E-state index contributed by atoms with van der Waals surface area (Å²) < 4.78 is 40.5. The Bertz CT molecular complexity index is 735. The molecule has 0 spiro atoms. The van der Waals surface area contributed by atoms with Gasteiger partial charge in [0.05, 0.1) is 11.8 Å². The summed E-state index contributed by atoms with van der Waals surface area (Å²) in [6, 6.07) is 5.84. The van der Waals surface area contributed by atoms with Gasteiger partial charge in [-0.3, -0.25) is 4.79 Å². The fourth-order valence-electron chi connectivity index (χ4n) is 3.63. The van der Waals surface area contributed by atoms with E-state index in [1.807, 2.05) is 0 Å². The minimum Gasteiger partial charge on any atom is -0.354 e. The van der Waals surface area contributed by atoms with Crippen LogP contribution in [0.3, 0.4) is 0 Å². The lowest BCUT2D eigenvalue weighted by molar-refractivity contribution is -0.123. The van der Waals surface area contributed by atoms with E-state index >= 15 is 0 Å². The van der Waals surface area contributed by atoms with E-state index in [1.165, 1.54) is 16.4 Å². The zero-order valence-electron chi connectivity index (χ0n) is 14.8. The fourth-order valence-corrected chi connectivity index (χ4v) is 5.28. The third kappa shape index (κ3) is 4.81. The number of sulfonamides is 1. The van der Waals surface area contributed by atoms with Crippen molar-refractivity contribution < 1.29 is 17.6 Å². The molecule has 6 nitrogen and oxygen atoms in total. The Morgan fingerprint density at radius 3 is 2.81 bits per heavy atom. The molecule has 1 aromatic carbocycles. The number of hydrogen-bond donors (Lipinski definition) is 2. The quantitative estimate of drug-likeness (QED) is 0.775. The molecule has 3 rings (SSSR count). The van der Waals surface area contributed by atoms with Crippen molar-refractivity contribution in [3.8, 4) is 0 Å². The average molecular weight is 383 g/mol. The Kier molecular flexibility index (Phi) is 6.26. The van der Waals surface area contributed by atoms with Gasteiger partial charge in [-0.1, -0.05) is 18.2 Å². The molecule has 1 amide bonds. The highest BCUT2D eigenvalue weighted by Gasteiger charge is 2.30. The van der Waals surface area contributed by atoms with Crippen LogP contribution < -0.4 is 10.6 Å². The second-order valence-corrected chi connectivity index (χ2v) is 9.08. The van der Waals surface area contributed by atoms with E-state index in [-0.39, 0.29) is 29.2 Å². The maximum Gasteiger partial charge on any atom is 0.237 e. The van der Waals surface area contributed by atoms with Crippen molar-refractivity contribution in [2.75, 3.05) is 26.2 Å². The van der Waals surface area contributed by atoms with Crippen molar-refractivity contribution in [3.63, 3.8) is 0 Å². The first-order valence-corrected chi connectivity index (χ1v) is 10.8. The lowest BCUT2D eigenvalue weighted by Crippen LogP contribution is -2.46. The minimum atomic E-state index is -3.58. The molecule has 0 aromatic heterocycles. The van der Waals surface area contributed by atoms with E-state index in [9.17, 15) is 17.6 Å². The second kappa shape index (κ2) is 8.45. The van der Waals surface area contributed by atoms with Crippen molar-refractivity contribution in [2.24, 2.45) is 5.92 Å². The number of carbonyl (C=O) groups excluding carboxylic acids is 1. The summed E-state index contributed by atoms with van der Waals surface area (Å²) in [6.45, 7) is 2.16. The van der Waals surface area contributed by atoms with Crippen molar-refractivity contribution >= 4 is 15.9 Å². The van der Waals surface area contributed by atoms with Crippen molar-refractivity contribution in [1.29, 1.82) is 0 Å². The van der Waals surface area contributed by atoms with Crippen LogP contribution in [-0.2, 0) is 20.6 Å². The van der Waals surface area contributed by atoms with Crippen LogP contribution in [0.5, 0.6) is 0 Å². The topological polar surface area (TPSA) is 78.5 Å². The van der Waals surface area contributed by atoms with E-state index in [4.69, 9.17) is 0 Å². The number of piperidine rings is 1. The molecule has 2 heterocycles. The molecule has 1 aromatic rings. The molecule has 0 saturated carbocycles. The molecule has 144 valence electrons. The molecular weight excluding hydrogens is 357 g/mol. The summed E-state index contributed by atoms with van der Waals surface area (Å²) >= 11 is 0. The van der Waals surface area contributed by atoms with Crippen LogP contribution in [0.25, 0.3) is 0 Å². The number of hydrogen-bond acceptors (Lipinski definition) is 4. The van der Waals surface area contributed by atoms with Crippen molar-refractivity contribution in [2.45, 2.75) is 37.5 Å². The van der Waals surface area contributed by atoms with Crippen LogP contribution in [0.4, 0.5) is 4.39 Å². The van der Waals surface area contributed by atoms with Gasteiger partial charge in [0, 0.05) is 25.2 Å². The van der Waals surface area contributed by atoms with E-state index in [0.29, 0.717) is 19.6 Å². The molecule has 2 fully saturated rings. The SMILES string of the molecule is O=C(NCC1CCCN(S(=O)(=O)Cc2ccccc2F)C1)C1CCCN1. The second-order valence-electron chi connectivity index (χ2n) is 7.11. The molecule has 2 unspecified atom stereocenters. The van der Waals surface area contributed by atoms with E-state index < -0.39 is 15.8 Å².